The molecule has 2 amide bonds. The van der Waals surface area contributed by atoms with Crippen LogP contribution in [0.2, 0.25) is 0 Å². The SMILES string of the molecule is CN(CCOc1ccc(Br)cc1)C(=O)CN1CCN(C(=O)c2cccs2)CC1. The lowest BCUT2D eigenvalue weighted by Crippen LogP contribution is -2.51. The number of carbonyl (C=O) groups is 2. The summed E-state index contributed by atoms with van der Waals surface area (Å²) in [4.78, 5) is 31.3. The van der Waals surface area contributed by atoms with Crippen LogP contribution in [0.5, 0.6) is 5.75 Å². The van der Waals surface area contributed by atoms with E-state index in [1.54, 1.807) is 11.9 Å². The normalized spacial score (nSPS) is 14.7. The van der Waals surface area contributed by atoms with Crippen molar-refractivity contribution in [1.82, 2.24) is 14.7 Å². The van der Waals surface area contributed by atoms with Crippen LogP contribution >= 0.6 is 27.3 Å². The number of ether oxygens (including phenoxy) is 1. The third-order valence-corrected chi connectivity index (χ3v) is 6.07. The molecule has 6 nitrogen and oxygen atoms in total. The first-order valence-corrected chi connectivity index (χ1v) is 10.9. The van der Waals surface area contributed by atoms with E-state index in [4.69, 9.17) is 4.74 Å². The minimum atomic E-state index is 0.0671. The van der Waals surface area contributed by atoms with Gasteiger partial charge in [-0.25, -0.2) is 0 Å². The Labute approximate surface area is 177 Å². The van der Waals surface area contributed by atoms with Gasteiger partial charge in [0.05, 0.1) is 18.0 Å². The van der Waals surface area contributed by atoms with E-state index in [0.717, 1.165) is 15.1 Å². The van der Waals surface area contributed by atoms with Gasteiger partial charge in [-0.3, -0.25) is 14.5 Å². The Morgan fingerprint density at radius 1 is 1.14 bits per heavy atom. The highest BCUT2D eigenvalue weighted by Crippen LogP contribution is 2.16. The lowest BCUT2D eigenvalue weighted by molar-refractivity contribution is -0.131. The van der Waals surface area contributed by atoms with Crippen molar-refractivity contribution in [3.8, 4) is 5.75 Å². The van der Waals surface area contributed by atoms with Gasteiger partial charge in [-0.15, -0.1) is 11.3 Å². The van der Waals surface area contributed by atoms with Gasteiger partial charge >= 0.3 is 0 Å². The smallest absolute Gasteiger partial charge is 0.264 e. The number of thiophene rings is 1. The van der Waals surface area contributed by atoms with E-state index < -0.39 is 0 Å². The first-order valence-electron chi connectivity index (χ1n) is 9.20. The molecular formula is C20H24BrN3O3S. The van der Waals surface area contributed by atoms with Crippen LogP contribution in [-0.2, 0) is 4.79 Å². The molecule has 8 heteroatoms. The number of halogens is 1. The summed E-state index contributed by atoms with van der Waals surface area (Å²) in [6.07, 6.45) is 0. The fraction of sp³-hybridized carbons (Fsp3) is 0.400. The predicted octanol–water partition coefficient (Wildman–Crippen LogP) is 2.81. The number of hydrogen-bond donors (Lipinski definition) is 0. The largest absolute Gasteiger partial charge is 0.492 e. The van der Waals surface area contributed by atoms with Gasteiger partial charge in [-0.05, 0) is 35.7 Å². The van der Waals surface area contributed by atoms with E-state index in [1.165, 1.54) is 11.3 Å². The molecule has 0 N–H and O–H groups in total. The molecule has 1 saturated heterocycles. The van der Waals surface area contributed by atoms with Crippen LogP contribution in [-0.4, -0.2) is 79.4 Å². The van der Waals surface area contributed by atoms with E-state index in [2.05, 4.69) is 20.8 Å². The van der Waals surface area contributed by atoms with Gasteiger partial charge in [-0.1, -0.05) is 22.0 Å². The molecule has 1 fully saturated rings. The van der Waals surface area contributed by atoms with Crippen LogP contribution in [0, 0.1) is 0 Å². The zero-order valence-corrected chi connectivity index (χ0v) is 18.2. The molecule has 1 aliphatic rings. The molecule has 0 unspecified atom stereocenters. The van der Waals surface area contributed by atoms with Gasteiger partial charge in [-0.2, -0.15) is 0 Å². The highest BCUT2D eigenvalue weighted by molar-refractivity contribution is 9.10. The molecule has 3 rings (SSSR count). The number of carbonyl (C=O) groups excluding carboxylic acids is 2. The van der Waals surface area contributed by atoms with Crippen LogP contribution in [0.1, 0.15) is 9.67 Å². The third-order valence-electron chi connectivity index (χ3n) is 4.69. The summed E-state index contributed by atoms with van der Waals surface area (Å²) in [5.74, 6) is 0.941. The van der Waals surface area contributed by atoms with E-state index in [0.29, 0.717) is 45.9 Å². The van der Waals surface area contributed by atoms with Crippen LogP contribution in [0.25, 0.3) is 0 Å². The highest BCUT2D eigenvalue weighted by Gasteiger charge is 2.24. The number of likely N-dealkylation sites (N-methyl/N-ethyl adjacent to an activating group) is 1. The molecule has 0 spiro atoms. The lowest BCUT2D eigenvalue weighted by atomic mass is 10.3. The van der Waals surface area contributed by atoms with Crippen molar-refractivity contribution in [2.24, 2.45) is 0 Å². The standard InChI is InChI=1S/C20H24BrN3O3S/c1-22(12-13-27-17-6-4-16(21)5-7-17)19(25)15-23-8-10-24(11-9-23)20(26)18-3-2-14-28-18/h2-7,14H,8-13,15H2,1H3. The third kappa shape index (κ3) is 5.80. The number of benzene rings is 1. The summed E-state index contributed by atoms with van der Waals surface area (Å²) in [7, 11) is 1.80. The zero-order chi connectivity index (χ0) is 19.9. The fourth-order valence-corrected chi connectivity index (χ4v) is 3.89. The van der Waals surface area contributed by atoms with Gasteiger partial charge in [0.2, 0.25) is 5.91 Å². The van der Waals surface area contributed by atoms with Crippen molar-refractivity contribution in [3.63, 3.8) is 0 Å². The molecule has 1 aromatic heterocycles. The molecule has 0 aliphatic carbocycles. The summed E-state index contributed by atoms with van der Waals surface area (Å²) >= 11 is 4.86. The Morgan fingerprint density at radius 2 is 1.86 bits per heavy atom. The average molecular weight is 466 g/mol. The number of piperazine rings is 1. The fourth-order valence-electron chi connectivity index (χ4n) is 2.93. The first-order chi connectivity index (χ1) is 13.5. The van der Waals surface area contributed by atoms with Crippen molar-refractivity contribution < 1.29 is 14.3 Å². The van der Waals surface area contributed by atoms with Gasteiger partial charge in [0, 0.05) is 37.7 Å². The lowest BCUT2D eigenvalue weighted by Gasteiger charge is -2.34. The Bertz CT molecular complexity index is 775. The summed E-state index contributed by atoms with van der Waals surface area (Å²) in [6.45, 7) is 4.09. The Kier molecular flexibility index (Phi) is 7.47. The van der Waals surface area contributed by atoms with Crippen LogP contribution in [0.15, 0.2) is 46.3 Å². The summed E-state index contributed by atoms with van der Waals surface area (Å²) in [6, 6.07) is 11.4. The predicted molar refractivity (Wildman–Crippen MR) is 114 cm³/mol. The van der Waals surface area contributed by atoms with Gasteiger partial charge in [0.25, 0.3) is 5.91 Å². The Balaban J connectivity index is 1.36. The molecule has 2 heterocycles. The van der Waals surface area contributed by atoms with Crippen LogP contribution in [0.4, 0.5) is 0 Å². The topological polar surface area (TPSA) is 53.1 Å². The van der Waals surface area contributed by atoms with Crippen molar-refractivity contribution in [2.45, 2.75) is 0 Å². The quantitative estimate of drug-likeness (QED) is 0.630. The zero-order valence-electron chi connectivity index (χ0n) is 15.8. The van der Waals surface area contributed by atoms with Gasteiger partial charge in [0.1, 0.15) is 12.4 Å². The molecular weight excluding hydrogens is 442 g/mol. The molecule has 0 atom stereocenters. The maximum absolute atomic E-state index is 12.4. The maximum Gasteiger partial charge on any atom is 0.264 e. The summed E-state index contributed by atoms with van der Waals surface area (Å²) in [5.41, 5.74) is 0. The number of amides is 2. The highest BCUT2D eigenvalue weighted by atomic mass is 79.9. The number of nitrogens with zero attached hydrogens (tertiary/aromatic N) is 3. The van der Waals surface area contributed by atoms with Crippen molar-refractivity contribution >= 4 is 39.1 Å². The van der Waals surface area contributed by atoms with Crippen molar-refractivity contribution in [2.75, 3.05) is 52.9 Å². The molecule has 0 radical (unpaired) electrons. The molecule has 1 aliphatic heterocycles. The number of hydrogen-bond acceptors (Lipinski definition) is 5. The molecule has 28 heavy (non-hydrogen) atoms. The molecule has 1 aromatic carbocycles. The minimum Gasteiger partial charge on any atom is -0.492 e. The molecule has 150 valence electrons. The van der Waals surface area contributed by atoms with Gasteiger partial charge in [0.15, 0.2) is 0 Å². The maximum atomic E-state index is 12.4. The summed E-state index contributed by atoms with van der Waals surface area (Å²) < 4.78 is 6.68. The van der Waals surface area contributed by atoms with E-state index in [9.17, 15) is 9.59 Å². The second-order valence-electron chi connectivity index (χ2n) is 6.66. The van der Waals surface area contributed by atoms with Crippen LogP contribution in [0.3, 0.4) is 0 Å². The second-order valence-corrected chi connectivity index (χ2v) is 8.53. The monoisotopic (exact) mass is 465 g/mol. The van der Waals surface area contributed by atoms with E-state index >= 15 is 0 Å². The Morgan fingerprint density at radius 3 is 2.50 bits per heavy atom. The average Bonchev–Trinajstić information content (AvgIpc) is 3.24. The van der Waals surface area contributed by atoms with Gasteiger partial charge < -0.3 is 14.5 Å². The second kappa shape index (κ2) is 10.0. The van der Waals surface area contributed by atoms with Crippen LogP contribution < -0.4 is 4.74 Å². The number of rotatable bonds is 7. The first kappa shape index (κ1) is 20.8. The minimum absolute atomic E-state index is 0.0671. The van der Waals surface area contributed by atoms with E-state index in [-0.39, 0.29) is 11.8 Å². The molecule has 0 saturated carbocycles. The summed E-state index contributed by atoms with van der Waals surface area (Å²) in [5, 5.41) is 1.92. The Hall–Kier alpha value is -1.90. The van der Waals surface area contributed by atoms with Crippen molar-refractivity contribution in [1.29, 1.82) is 0 Å². The molecule has 0 bridgehead atoms. The molecule has 2 aromatic rings. The van der Waals surface area contributed by atoms with Crippen molar-refractivity contribution in [3.05, 3.63) is 51.1 Å². The van der Waals surface area contributed by atoms with E-state index in [1.807, 2.05) is 46.7 Å².